The van der Waals surface area contributed by atoms with Crippen molar-refractivity contribution in [1.82, 2.24) is 0 Å². The number of hydrogen-bond acceptors (Lipinski definition) is 4. The maximum Gasteiger partial charge on any atom is 0.309 e. The molecule has 2 atom stereocenters. The molecule has 1 aliphatic carbocycles. The van der Waals surface area contributed by atoms with E-state index in [4.69, 9.17) is 4.74 Å². The molecule has 2 rings (SSSR count). The zero-order valence-corrected chi connectivity index (χ0v) is 10.3. The monoisotopic (exact) mass is 244 g/mol. The van der Waals surface area contributed by atoms with Crippen molar-refractivity contribution in [2.24, 2.45) is 11.8 Å². The lowest BCUT2D eigenvalue weighted by Gasteiger charge is -2.27. The number of sulfone groups is 1. The van der Waals surface area contributed by atoms with Crippen LogP contribution in [0, 0.1) is 11.8 Å². The van der Waals surface area contributed by atoms with E-state index in [1.807, 2.05) is 6.92 Å². The van der Waals surface area contributed by atoms with Crippen LogP contribution in [0.2, 0.25) is 0 Å². The van der Waals surface area contributed by atoms with Gasteiger partial charge in [0.25, 0.3) is 0 Å². The van der Waals surface area contributed by atoms with Gasteiger partial charge in [-0.05, 0) is 26.2 Å². The fourth-order valence-electron chi connectivity index (χ4n) is 2.85. The van der Waals surface area contributed by atoms with Crippen LogP contribution in [0.15, 0.2) is 10.5 Å². The summed E-state index contributed by atoms with van der Waals surface area (Å²) >= 11 is 0. The van der Waals surface area contributed by atoms with E-state index in [2.05, 4.69) is 0 Å². The molecule has 0 saturated carbocycles. The molecule has 90 valence electrons. The van der Waals surface area contributed by atoms with Crippen LogP contribution in [-0.2, 0) is 19.4 Å². The summed E-state index contributed by atoms with van der Waals surface area (Å²) in [5, 5.41) is 0. The molecule has 0 aromatic carbocycles. The van der Waals surface area contributed by atoms with Gasteiger partial charge >= 0.3 is 5.97 Å². The second kappa shape index (κ2) is 3.87. The summed E-state index contributed by atoms with van der Waals surface area (Å²) in [5.41, 5.74) is 0.933. The van der Waals surface area contributed by atoms with Gasteiger partial charge in [-0.25, -0.2) is 8.42 Å². The number of methoxy groups -OCH3 is 1. The lowest BCUT2D eigenvalue weighted by Crippen LogP contribution is -2.28. The highest BCUT2D eigenvalue weighted by atomic mass is 32.2. The van der Waals surface area contributed by atoms with Gasteiger partial charge < -0.3 is 4.74 Å². The van der Waals surface area contributed by atoms with Crippen molar-refractivity contribution in [1.29, 1.82) is 0 Å². The molecule has 1 saturated heterocycles. The van der Waals surface area contributed by atoms with E-state index in [1.54, 1.807) is 0 Å². The second-order valence-electron chi connectivity index (χ2n) is 4.53. The first kappa shape index (κ1) is 11.6. The van der Waals surface area contributed by atoms with Gasteiger partial charge in [0, 0.05) is 10.8 Å². The SMILES string of the molecule is COC(=O)C1CCC(C)=C2C1CCS2(=O)=O. The molecule has 2 unspecified atom stereocenters. The molecule has 0 bridgehead atoms. The molecule has 0 aromatic rings. The Morgan fingerprint density at radius 2 is 2.06 bits per heavy atom. The maximum atomic E-state index is 11.9. The number of carbonyl (C=O) groups excluding carboxylic acids is 1. The molecule has 16 heavy (non-hydrogen) atoms. The van der Waals surface area contributed by atoms with E-state index >= 15 is 0 Å². The van der Waals surface area contributed by atoms with Gasteiger partial charge in [-0.3, -0.25) is 4.79 Å². The van der Waals surface area contributed by atoms with Crippen LogP contribution >= 0.6 is 0 Å². The van der Waals surface area contributed by atoms with Crippen LogP contribution in [0.4, 0.5) is 0 Å². The number of carbonyl (C=O) groups is 1. The van der Waals surface area contributed by atoms with E-state index in [1.165, 1.54) is 7.11 Å². The van der Waals surface area contributed by atoms with E-state index in [0.717, 1.165) is 5.57 Å². The quantitative estimate of drug-likeness (QED) is 0.652. The molecule has 5 heteroatoms. The van der Waals surface area contributed by atoms with Gasteiger partial charge in [0.1, 0.15) is 0 Å². The van der Waals surface area contributed by atoms with Gasteiger partial charge in [-0.2, -0.15) is 0 Å². The molecular weight excluding hydrogens is 228 g/mol. The number of hydrogen-bond donors (Lipinski definition) is 0. The van der Waals surface area contributed by atoms with Crippen LogP contribution in [0.25, 0.3) is 0 Å². The van der Waals surface area contributed by atoms with Gasteiger partial charge in [0.05, 0.1) is 18.8 Å². The summed E-state index contributed by atoms with van der Waals surface area (Å²) < 4.78 is 28.5. The predicted molar refractivity (Wildman–Crippen MR) is 59.3 cm³/mol. The summed E-state index contributed by atoms with van der Waals surface area (Å²) in [5.74, 6) is -0.489. The van der Waals surface area contributed by atoms with Crippen molar-refractivity contribution < 1.29 is 17.9 Å². The number of esters is 1. The normalized spacial score (nSPS) is 32.4. The number of fused-ring (bicyclic) bond motifs is 1. The van der Waals surface area contributed by atoms with E-state index < -0.39 is 9.84 Å². The van der Waals surface area contributed by atoms with Gasteiger partial charge in [-0.1, -0.05) is 5.57 Å². The average Bonchev–Trinajstić information content (AvgIpc) is 2.55. The van der Waals surface area contributed by atoms with Gasteiger partial charge in [-0.15, -0.1) is 0 Å². The predicted octanol–water partition coefficient (Wildman–Crippen LogP) is 1.28. The third kappa shape index (κ3) is 1.67. The van der Waals surface area contributed by atoms with Gasteiger partial charge in [0.15, 0.2) is 9.84 Å². The van der Waals surface area contributed by atoms with Crippen molar-refractivity contribution in [2.45, 2.75) is 26.2 Å². The van der Waals surface area contributed by atoms with Crippen molar-refractivity contribution in [2.75, 3.05) is 12.9 Å². The average molecular weight is 244 g/mol. The minimum atomic E-state index is -3.10. The third-order valence-corrected chi connectivity index (χ3v) is 5.70. The summed E-state index contributed by atoms with van der Waals surface area (Å²) in [6.45, 7) is 1.86. The first-order valence-corrected chi connectivity index (χ1v) is 7.13. The van der Waals surface area contributed by atoms with Crippen LogP contribution in [-0.4, -0.2) is 27.2 Å². The van der Waals surface area contributed by atoms with Gasteiger partial charge in [0.2, 0.25) is 0 Å². The second-order valence-corrected chi connectivity index (χ2v) is 6.60. The lowest BCUT2D eigenvalue weighted by atomic mass is 9.79. The molecule has 0 amide bonds. The topological polar surface area (TPSA) is 60.4 Å². The summed E-state index contributed by atoms with van der Waals surface area (Å²) in [7, 11) is -1.74. The van der Waals surface area contributed by atoms with Crippen LogP contribution in [0.5, 0.6) is 0 Å². The fraction of sp³-hybridized carbons (Fsp3) is 0.727. The highest BCUT2D eigenvalue weighted by Crippen LogP contribution is 2.45. The standard InChI is InChI=1S/C11H16O4S/c1-7-3-4-9(11(12)15-2)8-5-6-16(13,14)10(7)8/h8-9H,3-6H2,1-2H3. The van der Waals surface area contributed by atoms with Crippen LogP contribution in [0.1, 0.15) is 26.2 Å². The van der Waals surface area contributed by atoms with Crippen molar-refractivity contribution in [3.05, 3.63) is 10.5 Å². The Morgan fingerprint density at radius 3 is 2.69 bits per heavy atom. The smallest absolute Gasteiger partial charge is 0.309 e. The Bertz CT molecular complexity index is 447. The first-order chi connectivity index (χ1) is 7.47. The minimum absolute atomic E-state index is 0.133. The van der Waals surface area contributed by atoms with Crippen molar-refractivity contribution in [3.8, 4) is 0 Å². The van der Waals surface area contributed by atoms with Crippen molar-refractivity contribution in [3.63, 3.8) is 0 Å². The number of allylic oxidation sites excluding steroid dienone is 2. The lowest BCUT2D eigenvalue weighted by molar-refractivity contribution is -0.147. The molecule has 0 aromatic heterocycles. The summed E-state index contributed by atoms with van der Waals surface area (Å²) in [6.07, 6.45) is 1.96. The number of ether oxygens (including phenoxy) is 1. The Hall–Kier alpha value is -0.840. The molecule has 1 heterocycles. The zero-order chi connectivity index (χ0) is 11.9. The highest BCUT2D eigenvalue weighted by Gasteiger charge is 2.45. The Balaban J connectivity index is 2.40. The fourth-order valence-corrected chi connectivity index (χ4v) is 5.01. The van der Waals surface area contributed by atoms with E-state index in [-0.39, 0.29) is 23.6 Å². The Kier molecular flexibility index (Phi) is 2.82. The molecule has 4 nitrogen and oxygen atoms in total. The van der Waals surface area contributed by atoms with Crippen LogP contribution < -0.4 is 0 Å². The molecule has 1 aliphatic heterocycles. The summed E-state index contributed by atoms with van der Waals surface area (Å²) in [4.78, 5) is 12.1. The minimum Gasteiger partial charge on any atom is -0.469 e. The van der Waals surface area contributed by atoms with Crippen molar-refractivity contribution >= 4 is 15.8 Å². The molecule has 0 N–H and O–H groups in total. The molecular formula is C11H16O4S. The van der Waals surface area contributed by atoms with Crippen LogP contribution in [0.3, 0.4) is 0 Å². The van der Waals surface area contributed by atoms with E-state index in [0.29, 0.717) is 24.2 Å². The largest absolute Gasteiger partial charge is 0.469 e. The number of rotatable bonds is 1. The summed E-state index contributed by atoms with van der Waals surface area (Å²) in [6, 6.07) is 0. The Morgan fingerprint density at radius 1 is 1.38 bits per heavy atom. The first-order valence-electron chi connectivity index (χ1n) is 5.47. The molecule has 1 fully saturated rings. The Labute approximate surface area is 95.6 Å². The molecule has 0 radical (unpaired) electrons. The van der Waals surface area contributed by atoms with E-state index in [9.17, 15) is 13.2 Å². The molecule has 0 spiro atoms. The maximum absolute atomic E-state index is 11.9. The zero-order valence-electron chi connectivity index (χ0n) is 9.52. The molecule has 2 aliphatic rings. The third-order valence-electron chi connectivity index (χ3n) is 3.61. The highest BCUT2D eigenvalue weighted by molar-refractivity contribution is 7.95.